The first kappa shape index (κ1) is 20.2. The average Bonchev–Trinajstić information content (AvgIpc) is 2.91. The Morgan fingerprint density at radius 3 is 2.24 bits per heavy atom. The van der Waals surface area contributed by atoms with E-state index < -0.39 is 9.84 Å². The van der Waals surface area contributed by atoms with Crippen LogP contribution in [0.1, 0.15) is 24.8 Å². The average molecular weight is 387 g/mol. The molecule has 2 fully saturated rings. The number of rotatable bonds is 4. The van der Waals surface area contributed by atoms with Crippen LogP contribution in [0.5, 0.6) is 0 Å². The molecule has 3 rings (SSSR count). The third-order valence-corrected chi connectivity index (χ3v) is 7.07. The Morgan fingerprint density at radius 2 is 1.68 bits per heavy atom. The summed E-state index contributed by atoms with van der Waals surface area (Å²) in [5, 5.41) is 3.42. The van der Waals surface area contributed by atoms with Crippen LogP contribution in [0.15, 0.2) is 29.2 Å². The molecule has 7 heteroatoms. The normalized spacial score (nSPS) is 23.5. The second-order valence-electron chi connectivity index (χ2n) is 7.02. The van der Waals surface area contributed by atoms with Crippen molar-refractivity contribution in [2.75, 3.05) is 31.9 Å². The van der Waals surface area contributed by atoms with E-state index in [0.29, 0.717) is 16.7 Å². The van der Waals surface area contributed by atoms with Crippen molar-refractivity contribution in [2.24, 2.45) is 11.8 Å². The maximum atomic E-state index is 12.4. The summed E-state index contributed by atoms with van der Waals surface area (Å²) in [7, 11) is -3.39. The highest BCUT2D eigenvalue weighted by Gasteiger charge is 2.31. The number of benzene rings is 1. The van der Waals surface area contributed by atoms with Gasteiger partial charge in [-0.25, -0.2) is 8.42 Å². The van der Waals surface area contributed by atoms with Crippen LogP contribution in [0.3, 0.4) is 0 Å². The minimum Gasteiger partial charge on any atom is -0.343 e. The summed E-state index contributed by atoms with van der Waals surface area (Å²) in [4.78, 5) is 14.6. The fourth-order valence-electron chi connectivity index (χ4n) is 3.71. The molecular weight excluding hydrogens is 360 g/mol. The Hall–Kier alpha value is -1.11. The zero-order valence-electron chi connectivity index (χ0n) is 14.6. The number of likely N-dealkylation sites (tertiary alicyclic amines) is 1. The topological polar surface area (TPSA) is 66.5 Å². The number of sulfone groups is 1. The first-order valence-corrected chi connectivity index (χ1v) is 10.4. The van der Waals surface area contributed by atoms with E-state index in [4.69, 9.17) is 0 Å². The van der Waals surface area contributed by atoms with Crippen LogP contribution in [0.25, 0.3) is 0 Å². The van der Waals surface area contributed by atoms with E-state index in [1.54, 1.807) is 24.3 Å². The minimum absolute atomic E-state index is 0. The van der Waals surface area contributed by atoms with Gasteiger partial charge in [-0.1, -0.05) is 17.7 Å². The van der Waals surface area contributed by atoms with Crippen molar-refractivity contribution in [3.63, 3.8) is 0 Å². The summed E-state index contributed by atoms with van der Waals surface area (Å²) in [5.41, 5.74) is 1.02. The first-order valence-electron chi connectivity index (χ1n) is 8.73. The van der Waals surface area contributed by atoms with Gasteiger partial charge in [0.25, 0.3) is 0 Å². The van der Waals surface area contributed by atoms with Gasteiger partial charge in [0.1, 0.15) is 0 Å². The van der Waals surface area contributed by atoms with Gasteiger partial charge in [0.05, 0.1) is 10.6 Å². The monoisotopic (exact) mass is 386 g/mol. The standard InChI is InChI=1S/C18H26N2O3S.ClH/c1-14-2-4-17(5-3-14)24(22,23)11-8-18(21)20-9-6-15-12-19-13-16(15)7-10-20;/h2-5,15-16,19H,6-13H2,1H3;1H/t15-,16+;. The fraction of sp³-hybridized carbons (Fsp3) is 0.611. The maximum Gasteiger partial charge on any atom is 0.223 e. The first-order chi connectivity index (χ1) is 11.5. The third-order valence-electron chi connectivity index (χ3n) is 5.34. The molecule has 5 nitrogen and oxygen atoms in total. The van der Waals surface area contributed by atoms with Gasteiger partial charge < -0.3 is 10.2 Å². The molecule has 2 aliphatic rings. The van der Waals surface area contributed by atoms with Crippen LogP contribution in [0.2, 0.25) is 0 Å². The van der Waals surface area contributed by atoms with Crippen molar-refractivity contribution in [3.05, 3.63) is 29.8 Å². The molecule has 2 aliphatic heterocycles. The molecule has 25 heavy (non-hydrogen) atoms. The van der Waals surface area contributed by atoms with E-state index >= 15 is 0 Å². The van der Waals surface area contributed by atoms with E-state index in [-0.39, 0.29) is 30.5 Å². The molecule has 0 radical (unpaired) electrons. The van der Waals surface area contributed by atoms with Gasteiger partial charge in [0.2, 0.25) is 5.91 Å². The maximum absolute atomic E-state index is 12.4. The Bertz CT molecular complexity index is 677. The summed E-state index contributed by atoms with van der Waals surface area (Å²) in [6.07, 6.45) is 2.12. The van der Waals surface area contributed by atoms with Gasteiger partial charge in [0, 0.05) is 19.5 Å². The minimum atomic E-state index is -3.39. The molecule has 2 atom stereocenters. The number of fused-ring (bicyclic) bond motifs is 1. The molecule has 0 spiro atoms. The number of halogens is 1. The van der Waals surface area contributed by atoms with Crippen molar-refractivity contribution in [1.82, 2.24) is 10.2 Å². The second-order valence-corrected chi connectivity index (χ2v) is 9.13. The van der Waals surface area contributed by atoms with Crippen molar-refractivity contribution in [3.8, 4) is 0 Å². The summed E-state index contributed by atoms with van der Waals surface area (Å²) in [6, 6.07) is 6.82. The SMILES string of the molecule is Cc1ccc(S(=O)(=O)CCC(=O)N2CC[C@@H]3CNC[C@@H]3CC2)cc1.Cl. The van der Waals surface area contributed by atoms with E-state index in [1.807, 2.05) is 11.8 Å². The molecule has 2 saturated heterocycles. The largest absolute Gasteiger partial charge is 0.343 e. The molecule has 0 aliphatic carbocycles. The van der Waals surface area contributed by atoms with Crippen LogP contribution in [-0.2, 0) is 14.6 Å². The molecule has 0 bridgehead atoms. The number of carbonyl (C=O) groups is 1. The van der Waals surface area contributed by atoms with Crippen LogP contribution in [-0.4, -0.2) is 51.2 Å². The van der Waals surface area contributed by atoms with Gasteiger partial charge in [-0.3, -0.25) is 4.79 Å². The third kappa shape index (κ3) is 4.96. The van der Waals surface area contributed by atoms with E-state index in [0.717, 1.165) is 44.6 Å². The molecule has 1 aromatic carbocycles. The lowest BCUT2D eigenvalue weighted by molar-refractivity contribution is -0.130. The number of carbonyl (C=O) groups excluding carboxylic acids is 1. The summed E-state index contributed by atoms with van der Waals surface area (Å²) < 4.78 is 24.8. The smallest absolute Gasteiger partial charge is 0.223 e. The quantitative estimate of drug-likeness (QED) is 0.859. The zero-order chi connectivity index (χ0) is 17.2. The van der Waals surface area contributed by atoms with Gasteiger partial charge in [-0.05, 0) is 56.8 Å². The summed E-state index contributed by atoms with van der Waals surface area (Å²) in [6.45, 7) is 5.53. The van der Waals surface area contributed by atoms with Crippen molar-refractivity contribution in [2.45, 2.75) is 31.1 Å². The highest BCUT2D eigenvalue weighted by molar-refractivity contribution is 7.91. The Kier molecular flexibility index (Phi) is 6.88. The van der Waals surface area contributed by atoms with Crippen molar-refractivity contribution >= 4 is 28.2 Å². The van der Waals surface area contributed by atoms with Gasteiger partial charge in [-0.2, -0.15) is 0 Å². The Morgan fingerprint density at radius 1 is 1.12 bits per heavy atom. The fourth-order valence-corrected chi connectivity index (χ4v) is 4.94. The second kappa shape index (κ2) is 8.52. The number of hydrogen-bond acceptors (Lipinski definition) is 4. The predicted octanol–water partition coefficient (Wildman–Crippen LogP) is 2.04. The molecule has 0 saturated carbocycles. The molecule has 0 aromatic heterocycles. The van der Waals surface area contributed by atoms with Crippen molar-refractivity contribution in [1.29, 1.82) is 0 Å². The number of hydrogen-bond donors (Lipinski definition) is 1. The van der Waals surface area contributed by atoms with Crippen LogP contribution in [0.4, 0.5) is 0 Å². The summed E-state index contributed by atoms with van der Waals surface area (Å²) in [5.74, 6) is 1.19. The lowest BCUT2D eigenvalue weighted by Gasteiger charge is -2.21. The van der Waals surface area contributed by atoms with Gasteiger partial charge in [-0.15, -0.1) is 12.4 Å². The van der Waals surface area contributed by atoms with E-state index in [2.05, 4.69) is 5.32 Å². The highest BCUT2D eigenvalue weighted by atomic mass is 35.5. The van der Waals surface area contributed by atoms with Crippen LogP contribution < -0.4 is 5.32 Å². The molecule has 1 N–H and O–H groups in total. The molecule has 1 amide bonds. The summed E-state index contributed by atoms with van der Waals surface area (Å²) >= 11 is 0. The number of amides is 1. The lowest BCUT2D eigenvalue weighted by Crippen LogP contribution is -2.33. The molecule has 140 valence electrons. The van der Waals surface area contributed by atoms with Crippen LogP contribution >= 0.6 is 12.4 Å². The van der Waals surface area contributed by atoms with Crippen LogP contribution in [0, 0.1) is 18.8 Å². The number of aryl methyl sites for hydroxylation is 1. The number of nitrogens with zero attached hydrogens (tertiary/aromatic N) is 1. The molecule has 0 unspecified atom stereocenters. The molecule has 1 aromatic rings. The van der Waals surface area contributed by atoms with Crippen molar-refractivity contribution < 1.29 is 13.2 Å². The molecular formula is C18H27ClN2O3S. The van der Waals surface area contributed by atoms with E-state index in [9.17, 15) is 13.2 Å². The zero-order valence-corrected chi connectivity index (χ0v) is 16.2. The Balaban J connectivity index is 0.00000225. The molecule has 2 heterocycles. The predicted molar refractivity (Wildman–Crippen MR) is 101 cm³/mol. The Labute approximate surface area is 156 Å². The lowest BCUT2D eigenvalue weighted by atomic mass is 9.92. The van der Waals surface area contributed by atoms with Gasteiger partial charge in [0.15, 0.2) is 9.84 Å². The van der Waals surface area contributed by atoms with Gasteiger partial charge >= 0.3 is 0 Å². The number of nitrogens with one attached hydrogen (secondary N) is 1. The van der Waals surface area contributed by atoms with E-state index in [1.165, 1.54) is 0 Å². The highest BCUT2D eigenvalue weighted by Crippen LogP contribution is 2.27.